The normalized spacial score (nSPS) is 10.4. The Kier molecular flexibility index (Phi) is 2.75. The maximum absolute atomic E-state index is 6.04. The fourth-order valence-corrected chi connectivity index (χ4v) is 1.69. The fraction of sp³-hybridized carbons (Fsp3) is 0.100. The number of halogens is 2. The highest BCUT2D eigenvalue weighted by Crippen LogP contribution is 2.20. The molecule has 0 N–H and O–H groups in total. The average Bonchev–Trinajstić information content (AvgIpc) is 2.66. The fourth-order valence-electron chi connectivity index (χ4n) is 1.27. The summed E-state index contributed by atoms with van der Waals surface area (Å²) in [6.45, 7) is 0. The van der Waals surface area contributed by atoms with E-state index < -0.39 is 0 Å². The van der Waals surface area contributed by atoms with Gasteiger partial charge in [-0.15, -0.1) is 11.6 Å². The third-order valence-electron chi connectivity index (χ3n) is 1.94. The molecule has 0 saturated heterocycles. The van der Waals surface area contributed by atoms with Crippen LogP contribution < -0.4 is 0 Å². The van der Waals surface area contributed by atoms with Gasteiger partial charge in [0.2, 0.25) is 0 Å². The topological polar surface area (TPSA) is 17.8 Å². The van der Waals surface area contributed by atoms with E-state index in [0.717, 1.165) is 11.4 Å². The molecule has 1 aromatic carbocycles. The Labute approximate surface area is 92.1 Å². The number of alkyl halides is 1. The van der Waals surface area contributed by atoms with Gasteiger partial charge in [-0.05, 0) is 18.2 Å². The first kappa shape index (κ1) is 9.56. The van der Waals surface area contributed by atoms with Crippen LogP contribution in [0.2, 0.25) is 5.02 Å². The molecule has 0 fully saturated rings. The summed E-state index contributed by atoms with van der Waals surface area (Å²) in [4.78, 5) is 0. The molecule has 1 heterocycles. The van der Waals surface area contributed by atoms with E-state index in [9.17, 15) is 0 Å². The monoisotopic (exact) mass is 226 g/mol. The summed E-state index contributed by atoms with van der Waals surface area (Å²) in [5, 5.41) is 4.83. The first-order valence-corrected chi connectivity index (χ1v) is 5.08. The summed E-state index contributed by atoms with van der Waals surface area (Å²) in [5.41, 5.74) is 1.79. The standard InChI is InChI=1S/C10H8Cl2N2/c11-7-8-5-6-13-14(8)10-4-2-1-3-9(10)12/h1-6H,7H2. The molecule has 0 aliphatic rings. The van der Waals surface area contributed by atoms with Gasteiger partial charge in [-0.25, -0.2) is 4.68 Å². The molecule has 0 spiro atoms. The van der Waals surface area contributed by atoms with Crippen molar-refractivity contribution in [3.05, 3.63) is 47.2 Å². The van der Waals surface area contributed by atoms with Crippen LogP contribution in [0.3, 0.4) is 0 Å². The minimum Gasteiger partial charge on any atom is -0.235 e. The van der Waals surface area contributed by atoms with Crippen LogP contribution in [-0.4, -0.2) is 9.78 Å². The highest BCUT2D eigenvalue weighted by molar-refractivity contribution is 6.32. The molecule has 0 bridgehead atoms. The van der Waals surface area contributed by atoms with Crippen molar-refractivity contribution in [2.24, 2.45) is 0 Å². The Bertz CT molecular complexity index is 437. The van der Waals surface area contributed by atoms with Crippen molar-refractivity contribution in [3.63, 3.8) is 0 Å². The lowest BCUT2D eigenvalue weighted by molar-refractivity contribution is 0.840. The predicted octanol–water partition coefficient (Wildman–Crippen LogP) is 3.26. The third kappa shape index (κ3) is 1.63. The Morgan fingerprint density at radius 2 is 2.00 bits per heavy atom. The van der Waals surface area contributed by atoms with Crippen LogP contribution in [0, 0.1) is 0 Å². The Morgan fingerprint density at radius 3 is 2.71 bits per heavy atom. The molecule has 14 heavy (non-hydrogen) atoms. The molecule has 0 unspecified atom stereocenters. The highest BCUT2D eigenvalue weighted by Gasteiger charge is 2.06. The van der Waals surface area contributed by atoms with Gasteiger partial charge in [0.25, 0.3) is 0 Å². The second-order valence-electron chi connectivity index (χ2n) is 2.82. The van der Waals surface area contributed by atoms with Crippen molar-refractivity contribution in [2.75, 3.05) is 0 Å². The Morgan fingerprint density at radius 1 is 1.21 bits per heavy atom. The lowest BCUT2D eigenvalue weighted by Gasteiger charge is -2.06. The maximum Gasteiger partial charge on any atom is 0.0835 e. The van der Waals surface area contributed by atoms with Gasteiger partial charge in [-0.3, -0.25) is 0 Å². The van der Waals surface area contributed by atoms with Crippen molar-refractivity contribution in [3.8, 4) is 5.69 Å². The van der Waals surface area contributed by atoms with Crippen molar-refractivity contribution in [1.29, 1.82) is 0 Å². The summed E-state index contributed by atoms with van der Waals surface area (Å²) in [5.74, 6) is 0.422. The molecule has 1 aromatic heterocycles. The lowest BCUT2D eigenvalue weighted by Crippen LogP contribution is -2.00. The first-order valence-electron chi connectivity index (χ1n) is 4.16. The highest BCUT2D eigenvalue weighted by atomic mass is 35.5. The first-order chi connectivity index (χ1) is 6.83. The quantitative estimate of drug-likeness (QED) is 0.720. The van der Waals surface area contributed by atoms with Crippen LogP contribution >= 0.6 is 23.2 Å². The second-order valence-corrected chi connectivity index (χ2v) is 3.49. The van der Waals surface area contributed by atoms with Crippen molar-refractivity contribution >= 4 is 23.2 Å². The average molecular weight is 227 g/mol. The number of hydrogen-bond acceptors (Lipinski definition) is 1. The van der Waals surface area contributed by atoms with Crippen molar-refractivity contribution in [1.82, 2.24) is 9.78 Å². The molecule has 4 heteroatoms. The Balaban J connectivity index is 2.54. The van der Waals surface area contributed by atoms with Crippen molar-refractivity contribution < 1.29 is 0 Å². The van der Waals surface area contributed by atoms with Crippen LogP contribution in [0.4, 0.5) is 0 Å². The van der Waals surface area contributed by atoms with E-state index in [2.05, 4.69) is 5.10 Å². The summed E-state index contributed by atoms with van der Waals surface area (Å²) in [6.07, 6.45) is 1.71. The van der Waals surface area contributed by atoms with Gasteiger partial charge in [-0.2, -0.15) is 5.10 Å². The van der Waals surface area contributed by atoms with E-state index in [1.807, 2.05) is 30.3 Å². The zero-order valence-electron chi connectivity index (χ0n) is 7.32. The van der Waals surface area contributed by atoms with Gasteiger partial charge in [-0.1, -0.05) is 23.7 Å². The molecule has 0 amide bonds. The van der Waals surface area contributed by atoms with Gasteiger partial charge in [0.1, 0.15) is 0 Å². The van der Waals surface area contributed by atoms with E-state index in [-0.39, 0.29) is 0 Å². The van der Waals surface area contributed by atoms with E-state index in [1.54, 1.807) is 10.9 Å². The third-order valence-corrected chi connectivity index (χ3v) is 2.53. The van der Waals surface area contributed by atoms with Gasteiger partial charge >= 0.3 is 0 Å². The Hall–Kier alpha value is -0.990. The summed E-state index contributed by atoms with van der Waals surface area (Å²) >= 11 is 11.8. The second kappa shape index (κ2) is 4.03. The number of hydrogen-bond donors (Lipinski definition) is 0. The van der Waals surface area contributed by atoms with Crippen molar-refractivity contribution in [2.45, 2.75) is 5.88 Å². The molecule has 0 atom stereocenters. The molecule has 0 aliphatic carbocycles. The largest absolute Gasteiger partial charge is 0.235 e. The van der Waals surface area contributed by atoms with E-state index in [1.165, 1.54) is 0 Å². The minimum absolute atomic E-state index is 0.422. The van der Waals surface area contributed by atoms with Gasteiger partial charge in [0.05, 0.1) is 22.3 Å². The molecule has 2 rings (SSSR count). The number of para-hydroxylation sites is 1. The van der Waals surface area contributed by atoms with E-state index in [0.29, 0.717) is 10.9 Å². The molecule has 2 aromatic rings. The van der Waals surface area contributed by atoms with Crippen LogP contribution in [0.15, 0.2) is 36.5 Å². The molecular weight excluding hydrogens is 219 g/mol. The van der Waals surface area contributed by atoms with Crippen LogP contribution in [0.1, 0.15) is 5.69 Å². The zero-order valence-corrected chi connectivity index (χ0v) is 8.83. The number of aromatic nitrogens is 2. The van der Waals surface area contributed by atoms with E-state index >= 15 is 0 Å². The number of benzene rings is 1. The number of nitrogens with zero attached hydrogens (tertiary/aromatic N) is 2. The lowest BCUT2D eigenvalue weighted by atomic mass is 10.3. The van der Waals surface area contributed by atoms with Gasteiger partial charge in [0.15, 0.2) is 0 Å². The number of rotatable bonds is 2. The summed E-state index contributed by atoms with van der Waals surface area (Å²) in [6, 6.07) is 9.41. The summed E-state index contributed by atoms with van der Waals surface area (Å²) in [7, 11) is 0. The maximum atomic E-state index is 6.04. The van der Waals surface area contributed by atoms with Gasteiger partial charge < -0.3 is 0 Å². The molecule has 2 nitrogen and oxygen atoms in total. The molecular formula is C10H8Cl2N2. The van der Waals surface area contributed by atoms with Crippen LogP contribution in [0.25, 0.3) is 5.69 Å². The van der Waals surface area contributed by atoms with Crippen LogP contribution in [-0.2, 0) is 5.88 Å². The molecule has 72 valence electrons. The SMILES string of the molecule is ClCc1ccnn1-c1ccccc1Cl. The predicted molar refractivity (Wildman–Crippen MR) is 58.1 cm³/mol. The molecule has 0 saturated carbocycles. The van der Waals surface area contributed by atoms with E-state index in [4.69, 9.17) is 23.2 Å². The van der Waals surface area contributed by atoms with Crippen LogP contribution in [0.5, 0.6) is 0 Å². The van der Waals surface area contributed by atoms with Gasteiger partial charge in [0, 0.05) is 6.20 Å². The molecule has 0 aliphatic heterocycles. The zero-order chi connectivity index (χ0) is 9.97. The minimum atomic E-state index is 0.422. The molecule has 0 radical (unpaired) electrons. The summed E-state index contributed by atoms with van der Waals surface area (Å²) < 4.78 is 1.75. The smallest absolute Gasteiger partial charge is 0.0835 e.